The van der Waals surface area contributed by atoms with Crippen molar-refractivity contribution in [3.05, 3.63) is 0 Å². The Balaban J connectivity index is 3.09. The Morgan fingerprint density at radius 3 is 0.667 bits per heavy atom. The zero-order valence-corrected chi connectivity index (χ0v) is 24.0. The van der Waals surface area contributed by atoms with Gasteiger partial charge >= 0.3 is 0 Å². The lowest BCUT2D eigenvalue weighted by Crippen LogP contribution is -2.20. The van der Waals surface area contributed by atoms with Gasteiger partial charge in [-0.3, -0.25) is 0 Å². The first kappa shape index (κ1) is 33.0. The monoisotopic (exact) mass is 466 g/mol. The average Bonchev–Trinajstić information content (AvgIpc) is 2.82. The number of rotatable bonds is 29. The normalized spacial score (nSPS) is 11.6. The van der Waals surface area contributed by atoms with Crippen molar-refractivity contribution < 1.29 is 0 Å². The van der Waals surface area contributed by atoms with E-state index in [1.165, 1.54) is 186 Å². The van der Waals surface area contributed by atoms with Gasteiger partial charge in [-0.2, -0.15) is 0 Å². The fourth-order valence-corrected chi connectivity index (χ4v) is 5.09. The van der Waals surface area contributed by atoms with Crippen LogP contribution in [0.5, 0.6) is 0 Å². The predicted octanol–water partition coefficient (Wildman–Crippen LogP) is 11.5. The summed E-state index contributed by atoms with van der Waals surface area (Å²) in [4.78, 5) is 2.57. The summed E-state index contributed by atoms with van der Waals surface area (Å²) in [5, 5.41) is 0. The van der Waals surface area contributed by atoms with Crippen molar-refractivity contribution in [2.24, 2.45) is 0 Å². The van der Waals surface area contributed by atoms with Gasteiger partial charge in [-0.25, -0.2) is 0 Å². The van der Waals surface area contributed by atoms with Crippen LogP contribution < -0.4 is 0 Å². The van der Waals surface area contributed by atoms with E-state index in [9.17, 15) is 0 Å². The van der Waals surface area contributed by atoms with Gasteiger partial charge in [0.2, 0.25) is 0 Å². The van der Waals surface area contributed by atoms with E-state index >= 15 is 0 Å². The lowest BCUT2D eigenvalue weighted by atomic mass is 10.0. The summed E-state index contributed by atoms with van der Waals surface area (Å²) in [6, 6.07) is 0. The first-order valence-corrected chi connectivity index (χ1v) is 16.0. The first-order chi connectivity index (χ1) is 16.3. The van der Waals surface area contributed by atoms with E-state index in [0.29, 0.717) is 0 Å². The summed E-state index contributed by atoms with van der Waals surface area (Å²) >= 11 is 0. The molecule has 0 atom stereocenters. The summed E-state index contributed by atoms with van der Waals surface area (Å²) in [6.07, 6.45) is 39.4. The molecule has 1 heteroatoms. The van der Waals surface area contributed by atoms with Gasteiger partial charge in [0.25, 0.3) is 0 Å². The quantitative estimate of drug-likeness (QED) is 0.0992. The fraction of sp³-hybridized carbons (Fsp3) is 1.00. The fourth-order valence-electron chi connectivity index (χ4n) is 5.09. The maximum atomic E-state index is 2.57. The van der Waals surface area contributed by atoms with Crippen molar-refractivity contribution in [3.8, 4) is 0 Å². The number of unbranched alkanes of at least 4 members (excludes halogenated alkanes) is 25. The molecule has 0 saturated heterocycles. The number of nitrogens with zero attached hydrogens (tertiary/aromatic N) is 1. The van der Waals surface area contributed by atoms with E-state index in [2.05, 4.69) is 25.8 Å². The van der Waals surface area contributed by atoms with Crippen LogP contribution in [0.3, 0.4) is 0 Å². The minimum absolute atomic E-state index is 1.31. The number of hydrogen-bond donors (Lipinski definition) is 0. The van der Waals surface area contributed by atoms with Crippen LogP contribution in [0, 0.1) is 0 Å². The van der Waals surface area contributed by atoms with Gasteiger partial charge in [0, 0.05) is 0 Å². The van der Waals surface area contributed by atoms with E-state index in [0.717, 1.165) is 0 Å². The molecule has 0 aromatic rings. The van der Waals surface area contributed by atoms with Crippen molar-refractivity contribution in [2.45, 2.75) is 187 Å². The second-order valence-electron chi connectivity index (χ2n) is 11.1. The molecule has 0 amide bonds. The SMILES string of the molecule is CCCCCCCCCCCCCCCCCCCCCCN(C)CCCCCCCCC. The second-order valence-corrected chi connectivity index (χ2v) is 11.1. The Bertz CT molecular complexity index is 326. The molecule has 0 bridgehead atoms. The van der Waals surface area contributed by atoms with Gasteiger partial charge in [-0.1, -0.05) is 174 Å². The second kappa shape index (κ2) is 30.0. The lowest BCUT2D eigenvalue weighted by molar-refractivity contribution is 0.314. The maximum Gasteiger partial charge on any atom is -0.00218 e. The highest BCUT2D eigenvalue weighted by molar-refractivity contribution is 4.55. The summed E-state index contributed by atoms with van der Waals surface area (Å²) in [5.74, 6) is 0. The van der Waals surface area contributed by atoms with Gasteiger partial charge < -0.3 is 4.90 Å². The molecule has 0 aliphatic heterocycles. The third-order valence-corrected chi connectivity index (χ3v) is 7.54. The number of hydrogen-bond acceptors (Lipinski definition) is 1. The van der Waals surface area contributed by atoms with Crippen LogP contribution in [0.1, 0.15) is 187 Å². The molecule has 0 aromatic heterocycles. The molecule has 0 aliphatic rings. The van der Waals surface area contributed by atoms with Crippen LogP contribution >= 0.6 is 0 Å². The Morgan fingerprint density at radius 1 is 0.273 bits per heavy atom. The highest BCUT2D eigenvalue weighted by Gasteiger charge is 1.99. The molecule has 0 aromatic carbocycles. The Labute approximate surface area is 212 Å². The summed E-state index contributed by atoms with van der Waals surface area (Å²) in [5.41, 5.74) is 0. The third kappa shape index (κ3) is 29.9. The summed E-state index contributed by atoms with van der Waals surface area (Å²) < 4.78 is 0. The van der Waals surface area contributed by atoms with Crippen LogP contribution in [-0.4, -0.2) is 25.0 Å². The maximum absolute atomic E-state index is 2.57. The topological polar surface area (TPSA) is 3.24 Å². The van der Waals surface area contributed by atoms with Crippen LogP contribution in [-0.2, 0) is 0 Å². The molecular weight excluding hydrogens is 398 g/mol. The molecule has 1 nitrogen and oxygen atoms in total. The van der Waals surface area contributed by atoms with Gasteiger partial charge in [-0.15, -0.1) is 0 Å². The Morgan fingerprint density at radius 2 is 0.455 bits per heavy atom. The smallest absolute Gasteiger partial charge is 0.00218 e. The highest BCUT2D eigenvalue weighted by atomic mass is 15.1. The molecule has 0 heterocycles. The molecule has 0 N–H and O–H groups in total. The zero-order valence-electron chi connectivity index (χ0n) is 24.0. The molecule has 33 heavy (non-hydrogen) atoms. The average molecular weight is 466 g/mol. The van der Waals surface area contributed by atoms with Crippen molar-refractivity contribution in [1.29, 1.82) is 0 Å². The molecule has 200 valence electrons. The zero-order chi connectivity index (χ0) is 24.1. The molecule has 0 spiro atoms. The van der Waals surface area contributed by atoms with Crippen molar-refractivity contribution in [3.63, 3.8) is 0 Å². The lowest BCUT2D eigenvalue weighted by Gasteiger charge is -2.16. The van der Waals surface area contributed by atoms with E-state index in [4.69, 9.17) is 0 Å². The minimum Gasteiger partial charge on any atom is -0.306 e. The molecule has 0 unspecified atom stereocenters. The van der Waals surface area contributed by atoms with Crippen molar-refractivity contribution >= 4 is 0 Å². The minimum atomic E-state index is 1.31. The van der Waals surface area contributed by atoms with Crippen molar-refractivity contribution in [2.75, 3.05) is 20.1 Å². The van der Waals surface area contributed by atoms with Gasteiger partial charge in [-0.05, 0) is 33.0 Å². The largest absolute Gasteiger partial charge is 0.306 e. The summed E-state index contributed by atoms with van der Waals surface area (Å²) in [7, 11) is 2.33. The van der Waals surface area contributed by atoms with Gasteiger partial charge in [0.15, 0.2) is 0 Å². The highest BCUT2D eigenvalue weighted by Crippen LogP contribution is 2.15. The first-order valence-electron chi connectivity index (χ1n) is 16.0. The predicted molar refractivity (Wildman–Crippen MR) is 154 cm³/mol. The molecule has 0 saturated carbocycles. The van der Waals surface area contributed by atoms with Gasteiger partial charge in [0.1, 0.15) is 0 Å². The molecular formula is C32H67N. The van der Waals surface area contributed by atoms with E-state index in [1.807, 2.05) is 0 Å². The summed E-state index contributed by atoms with van der Waals surface area (Å²) in [6.45, 7) is 7.23. The Hall–Kier alpha value is -0.0400. The molecule has 0 rings (SSSR count). The molecule has 0 radical (unpaired) electrons. The van der Waals surface area contributed by atoms with Crippen LogP contribution in [0.15, 0.2) is 0 Å². The third-order valence-electron chi connectivity index (χ3n) is 7.54. The standard InChI is InChI=1S/C32H67N/c1-4-6-8-10-12-13-14-15-16-17-18-19-20-21-22-23-24-26-28-30-32-33(3)31-29-27-25-11-9-7-5-2/h4-32H2,1-3H3. The van der Waals surface area contributed by atoms with Crippen LogP contribution in [0.25, 0.3) is 0 Å². The van der Waals surface area contributed by atoms with Gasteiger partial charge in [0.05, 0.1) is 0 Å². The van der Waals surface area contributed by atoms with E-state index < -0.39 is 0 Å². The molecule has 0 fully saturated rings. The van der Waals surface area contributed by atoms with Crippen LogP contribution in [0.2, 0.25) is 0 Å². The van der Waals surface area contributed by atoms with Crippen LogP contribution in [0.4, 0.5) is 0 Å². The Kier molecular flexibility index (Phi) is 30.0. The van der Waals surface area contributed by atoms with E-state index in [-0.39, 0.29) is 0 Å². The van der Waals surface area contributed by atoms with Crippen molar-refractivity contribution in [1.82, 2.24) is 4.90 Å². The molecule has 0 aliphatic carbocycles. The van der Waals surface area contributed by atoms with E-state index in [1.54, 1.807) is 0 Å².